The number of nitrogens with one attached hydrogen (secondary N) is 1. The molecule has 0 fully saturated rings. The number of thioether (sulfide) groups is 1. The first-order valence-corrected chi connectivity index (χ1v) is 10.4. The molecule has 0 aliphatic heterocycles. The minimum atomic E-state index is -3.31. The van der Waals surface area contributed by atoms with E-state index in [4.69, 9.17) is 5.73 Å². The van der Waals surface area contributed by atoms with Crippen molar-refractivity contribution in [1.29, 1.82) is 0 Å². The van der Waals surface area contributed by atoms with Crippen LogP contribution in [0.15, 0.2) is 29.2 Å². The molecule has 1 rings (SSSR count). The minimum Gasteiger partial charge on any atom is -0.398 e. The molecule has 0 aliphatic carbocycles. The van der Waals surface area contributed by atoms with Gasteiger partial charge in [0.15, 0.2) is 0 Å². The molecule has 0 aliphatic rings. The van der Waals surface area contributed by atoms with Crippen LogP contribution >= 0.6 is 11.8 Å². The van der Waals surface area contributed by atoms with Crippen molar-refractivity contribution in [2.24, 2.45) is 0 Å². The lowest BCUT2D eigenvalue weighted by molar-refractivity contribution is 0.585. The normalized spacial score (nSPS) is 13.2. The second kappa shape index (κ2) is 8.66. The van der Waals surface area contributed by atoms with Crippen molar-refractivity contribution >= 4 is 38.3 Å². The fourth-order valence-corrected chi connectivity index (χ4v) is 4.55. The number of nitrogens with two attached hydrogens (primary N) is 1. The molecule has 0 heterocycles. The molecule has 1 aromatic rings. The first kappa shape index (κ1) is 17.5. The molecule has 1 atom stereocenters. The van der Waals surface area contributed by atoms with Gasteiger partial charge in [-0.25, -0.2) is 13.1 Å². The number of hydrogen-bond acceptors (Lipinski definition) is 5. The summed E-state index contributed by atoms with van der Waals surface area (Å²) in [7, 11) is -4.26. The van der Waals surface area contributed by atoms with Gasteiger partial charge in [-0.05, 0) is 12.1 Å². The quantitative estimate of drug-likeness (QED) is 0.520. The molecule has 0 saturated heterocycles. The van der Waals surface area contributed by atoms with Gasteiger partial charge in [0, 0.05) is 45.2 Å². The van der Waals surface area contributed by atoms with Crippen LogP contribution in [-0.2, 0) is 20.8 Å². The van der Waals surface area contributed by atoms with E-state index in [-0.39, 0.29) is 12.3 Å². The zero-order chi connectivity index (χ0) is 15.0. The van der Waals surface area contributed by atoms with Crippen LogP contribution in [0.25, 0.3) is 0 Å². The second-order valence-corrected chi connectivity index (χ2v) is 8.96. The van der Waals surface area contributed by atoms with Crippen molar-refractivity contribution in [2.45, 2.75) is 11.8 Å². The Morgan fingerprint density at radius 3 is 2.70 bits per heavy atom. The summed E-state index contributed by atoms with van der Waals surface area (Å²) in [4.78, 5) is 0.884. The van der Waals surface area contributed by atoms with E-state index in [9.17, 15) is 12.6 Å². The third-order valence-corrected chi connectivity index (χ3v) is 6.54. The molecule has 8 heteroatoms. The van der Waals surface area contributed by atoms with E-state index in [0.717, 1.165) is 4.90 Å². The van der Waals surface area contributed by atoms with Crippen molar-refractivity contribution < 1.29 is 12.6 Å². The second-order valence-electron chi connectivity index (χ2n) is 4.03. The van der Waals surface area contributed by atoms with Crippen molar-refractivity contribution in [1.82, 2.24) is 4.72 Å². The van der Waals surface area contributed by atoms with E-state index in [1.54, 1.807) is 6.07 Å². The van der Waals surface area contributed by atoms with Crippen molar-refractivity contribution in [3.05, 3.63) is 24.3 Å². The molecular formula is C12H20N2O3S3. The Labute approximate surface area is 127 Å². The molecule has 0 radical (unpaired) electrons. The summed E-state index contributed by atoms with van der Waals surface area (Å²) in [6, 6.07) is 7.36. The molecule has 1 unspecified atom stereocenters. The van der Waals surface area contributed by atoms with Crippen LogP contribution in [0.3, 0.4) is 0 Å². The maximum absolute atomic E-state index is 11.7. The molecule has 114 valence electrons. The van der Waals surface area contributed by atoms with E-state index < -0.39 is 20.8 Å². The Balaban J connectivity index is 2.33. The van der Waals surface area contributed by atoms with Crippen molar-refractivity contribution in [3.63, 3.8) is 0 Å². The number of rotatable bonds is 9. The summed E-state index contributed by atoms with van der Waals surface area (Å²) >= 11 is 1.41. The standard InChI is InChI=1S/C12H20N2O3S3/c1-2-19(15)9-7-14-20(16,17)10-8-18-12-6-4-3-5-11(12)13/h3-6,14H,2,7-10,13H2,1H3. The minimum absolute atomic E-state index is 0.0186. The van der Waals surface area contributed by atoms with E-state index >= 15 is 0 Å². The number of para-hydroxylation sites is 1. The predicted octanol–water partition coefficient (Wildman–Crippen LogP) is 1.05. The zero-order valence-corrected chi connectivity index (χ0v) is 13.8. The molecule has 5 nitrogen and oxygen atoms in total. The molecule has 0 spiro atoms. The smallest absolute Gasteiger partial charge is 0.212 e. The number of hydrogen-bond donors (Lipinski definition) is 2. The SMILES string of the molecule is CCS(=O)CCNS(=O)(=O)CCSc1ccccc1N. The highest BCUT2D eigenvalue weighted by atomic mass is 32.2. The van der Waals surface area contributed by atoms with E-state index in [2.05, 4.69) is 4.72 Å². The average Bonchev–Trinajstić information content (AvgIpc) is 2.40. The first-order chi connectivity index (χ1) is 9.44. The van der Waals surface area contributed by atoms with Crippen LogP contribution in [0.1, 0.15) is 6.92 Å². The van der Waals surface area contributed by atoms with Gasteiger partial charge in [0.1, 0.15) is 0 Å². The number of anilines is 1. The van der Waals surface area contributed by atoms with Crippen LogP contribution in [0.5, 0.6) is 0 Å². The lowest BCUT2D eigenvalue weighted by atomic mass is 10.3. The molecule has 0 amide bonds. The fourth-order valence-electron chi connectivity index (χ4n) is 1.40. The van der Waals surface area contributed by atoms with E-state index in [1.807, 2.05) is 25.1 Å². The van der Waals surface area contributed by atoms with Gasteiger partial charge in [-0.3, -0.25) is 4.21 Å². The van der Waals surface area contributed by atoms with Gasteiger partial charge >= 0.3 is 0 Å². The number of nitrogen functional groups attached to an aromatic ring is 1. The van der Waals surface area contributed by atoms with Gasteiger partial charge in [-0.1, -0.05) is 19.1 Å². The average molecular weight is 337 g/mol. The maximum atomic E-state index is 11.7. The Morgan fingerprint density at radius 2 is 2.05 bits per heavy atom. The van der Waals surface area contributed by atoms with Crippen LogP contribution in [0.2, 0.25) is 0 Å². The molecule has 3 N–H and O–H groups in total. The van der Waals surface area contributed by atoms with Gasteiger partial charge in [0.2, 0.25) is 10.0 Å². The highest BCUT2D eigenvalue weighted by Gasteiger charge is 2.10. The third kappa shape index (κ3) is 6.74. The van der Waals surface area contributed by atoms with Crippen LogP contribution in [0, 0.1) is 0 Å². The Bertz CT molecular complexity index is 547. The van der Waals surface area contributed by atoms with Gasteiger partial charge in [0.05, 0.1) is 5.75 Å². The summed E-state index contributed by atoms with van der Waals surface area (Å²) in [5, 5.41) is 0. The van der Waals surface area contributed by atoms with E-state index in [1.165, 1.54) is 11.8 Å². The third-order valence-electron chi connectivity index (χ3n) is 2.50. The summed E-state index contributed by atoms with van der Waals surface area (Å²) in [6.07, 6.45) is 0. The lowest BCUT2D eigenvalue weighted by Gasteiger charge is -2.07. The van der Waals surface area contributed by atoms with Gasteiger partial charge in [-0.15, -0.1) is 11.8 Å². The monoisotopic (exact) mass is 336 g/mol. The van der Waals surface area contributed by atoms with Crippen LogP contribution in [-0.4, -0.2) is 42.2 Å². The summed E-state index contributed by atoms with van der Waals surface area (Å²) in [5.41, 5.74) is 6.43. The van der Waals surface area contributed by atoms with Crippen molar-refractivity contribution in [3.8, 4) is 0 Å². The highest BCUT2D eigenvalue weighted by molar-refractivity contribution is 8.00. The molecular weight excluding hydrogens is 316 g/mol. The molecule has 0 saturated carbocycles. The van der Waals surface area contributed by atoms with Gasteiger partial charge in [-0.2, -0.15) is 0 Å². The first-order valence-electron chi connectivity index (χ1n) is 6.24. The number of sulfonamides is 1. The summed E-state index contributed by atoms with van der Waals surface area (Å²) in [5.74, 6) is 1.35. The summed E-state index contributed by atoms with van der Waals surface area (Å²) < 4.78 is 37.1. The molecule has 20 heavy (non-hydrogen) atoms. The van der Waals surface area contributed by atoms with Gasteiger partial charge in [0.25, 0.3) is 0 Å². The Hall–Kier alpha value is -0.570. The Kier molecular flexibility index (Phi) is 7.57. The molecule has 0 aromatic heterocycles. The van der Waals surface area contributed by atoms with Crippen molar-refractivity contribution in [2.75, 3.05) is 35.3 Å². The van der Waals surface area contributed by atoms with Crippen LogP contribution < -0.4 is 10.5 Å². The Morgan fingerprint density at radius 1 is 1.35 bits per heavy atom. The number of benzene rings is 1. The largest absolute Gasteiger partial charge is 0.398 e. The topological polar surface area (TPSA) is 89.3 Å². The van der Waals surface area contributed by atoms with Crippen LogP contribution in [0.4, 0.5) is 5.69 Å². The fraction of sp³-hybridized carbons (Fsp3) is 0.500. The maximum Gasteiger partial charge on any atom is 0.212 e. The highest BCUT2D eigenvalue weighted by Crippen LogP contribution is 2.24. The molecule has 1 aromatic carbocycles. The zero-order valence-electron chi connectivity index (χ0n) is 11.4. The predicted molar refractivity (Wildman–Crippen MR) is 86.9 cm³/mol. The lowest BCUT2D eigenvalue weighted by Crippen LogP contribution is -2.31. The van der Waals surface area contributed by atoms with Gasteiger partial charge < -0.3 is 5.73 Å². The molecule has 0 bridgehead atoms. The van der Waals surface area contributed by atoms with E-state index in [0.29, 0.717) is 22.9 Å². The summed E-state index contributed by atoms with van der Waals surface area (Å²) in [6.45, 7) is 2.03.